The van der Waals surface area contributed by atoms with Crippen molar-refractivity contribution in [3.8, 4) is 0 Å². The number of esters is 1. The minimum atomic E-state index is -0.0112. The Balaban J connectivity index is 4.44. The molecule has 0 aliphatic carbocycles. The van der Waals surface area contributed by atoms with Crippen LogP contribution in [0.3, 0.4) is 0 Å². The van der Waals surface area contributed by atoms with Crippen molar-refractivity contribution in [2.75, 3.05) is 34.3 Å². The van der Waals surface area contributed by atoms with Crippen LogP contribution in [-0.2, 0) is 14.4 Å². The summed E-state index contributed by atoms with van der Waals surface area (Å²) in [6, 6.07) is 0. The van der Waals surface area contributed by atoms with Gasteiger partial charge in [0.2, 0.25) is 0 Å². The van der Waals surface area contributed by atoms with Crippen molar-refractivity contribution in [2.24, 2.45) is 0 Å². The maximum atomic E-state index is 13.0. The molecule has 0 spiro atoms. The van der Waals surface area contributed by atoms with E-state index in [1.54, 1.807) is 7.11 Å². The highest BCUT2D eigenvalue weighted by Crippen LogP contribution is 2.22. The molecule has 5 nitrogen and oxygen atoms in total. The number of unbranched alkanes of at least 4 members (excludes halogenated alkanes) is 18. The Hall–Kier alpha value is -1.69. The Labute approximate surface area is 331 Å². The van der Waals surface area contributed by atoms with Crippen molar-refractivity contribution in [2.45, 2.75) is 219 Å². The monoisotopic (exact) mass is 744 g/mol. The predicted octanol–water partition coefficient (Wildman–Crippen LogP) is 14.1. The van der Waals surface area contributed by atoms with Gasteiger partial charge in [-0.2, -0.15) is 5.48 Å². The molecule has 0 amide bonds. The summed E-state index contributed by atoms with van der Waals surface area (Å²) in [5.41, 5.74) is 3.01. The Morgan fingerprint density at radius 2 is 0.981 bits per heavy atom. The van der Waals surface area contributed by atoms with E-state index in [-0.39, 0.29) is 17.6 Å². The molecule has 1 N–H and O–H groups in total. The van der Waals surface area contributed by atoms with E-state index in [0.29, 0.717) is 6.42 Å². The summed E-state index contributed by atoms with van der Waals surface area (Å²) in [5.74, 6) is -0.0112. The molecule has 5 heteroatoms. The molecular weight excluding hydrogens is 653 g/mol. The highest BCUT2D eigenvalue weighted by Gasteiger charge is 2.36. The van der Waals surface area contributed by atoms with Crippen LogP contribution in [0.15, 0.2) is 48.6 Å². The smallest absolute Gasteiger partial charge is 0.306 e. The first-order valence-electron chi connectivity index (χ1n) is 22.6. The predicted molar refractivity (Wildman–Crippen MR) is 233 cm³/mol. The van der Waals surface area contributed by atoms with Crippen molar-refractivity contribution in [3.05, 3.63) is 48.6 Å². The fourth-order valence-electron chi connectivity index (χ4n) is 6.61. The zero-order chi connectivity index (χ0) is 39.1. The topological polar surface area (TPSA) is 47.6 Å². The van der Waals surface area contributed by atoms with Gasteiger partial charge in [0.25, 0.3) is 0 Å². The number of carbonyl (C=O) groups excluding carboxylic acids is 1. The van der Waals surface area contributed by atoms with Crippen LogP contribution in [0, 0.1) is 0 Å². The van der Waals surface area contributed by atoms with E-state index in [1.807, 2.05) is 0 Å². The normalized spacial score (nSPS) is 12.9. The summed E-state index contributed by atoms with van der Waals surface area (Å²) >= 11 is 0. The van der Waals surface area contributed by atoms with Gasteiger partial charge in [-0.15, -0.1) is 0 Å². The fraction of sp³-hybridized carbons (Fsp3) is 0.812. The molecule has 0 fully saturated rings. The molecule has 0 radical (unpaired) electrons. The summed E-state index contributed by atoms with van der Waals surface area (Å²) in [5, 5.41) is 0. The average Bonchev–Trinajstić information content (AvgIpc) is 3.13. The van der Waals surface area contributed by atoms with Gasteiger partial charge >= 0.3 is 5.97 Å². The molecule has 0 aromatic heterocycles. The first kappa shape index (κ1) is 51.3. The van der Waals surface area contributed by atoms with E-state index in [2.05, 4.69) is 95.9 Å². The molecule has 0 atom stereocenters. The minimum absolute atomic E-state index is 0.00841. The van der Waals surface area contributed by atoms with Crippen molar-refractivity contribution >= 4 is 5.97 Å². The molecule has 0 aliphatic heterocycles. The van der Waals surface area contributed by atoms with E-state index >= 15 is 0 Å². The number of rotatable bonds is 39. The van der Waals surface area contributed by atoms with Crippen molar-refractivity contribution in [1.29, 1.82) is 0 Å². The summed E-state index contributed by atoms with van der Waals surface area (Å²) in [7, 11) is 6.14. The zero-order valence-corrected chi connectivity index (χ0v) is 36.6. The van der Waals surface area contributed by atoms with E-state index in [1.165, 1.54) is 128 Å². The summed E-state index contributed by atoms with van der Waals surface area (Å²) < 4.78 is 6.98. The maximum Gasteiger partial charge on any atom is 0.306 e. The molecule has 0 bridgehead atoms. The third-order valence-corrected chi connectivity index (χ3v) is 11.1. The number of quaternary nitrogens is 1. The lowest BCUT2D eigenvalue weighted by molar-refractivity contribution is -0.936. The number of carbonyl (C=O) groups is 1. The van der Waals surface area contributed by atoms with Crippen LogP contribution in [-0.4, -0.2) is 56.4 Å². The second-order valence-corrected chi connectivity index (χ2v) is 16.7. The first-order chi connectivity index (χ1) is 25.7. The van der Waals surface area contributed by atoms with Crippen molar-refractivity contribution in [1.82, 2.24) is 5.48 Å². The number of nitrogens with one attached hydrogen (secondary N) is 1. The number of ether oxygens (including phenoxy) is 1. The van der Waals surface area contributed by atoms with Crippen LogP contribution >= 0.6 is 0 Å². The molecule has 53 heavy (non-hydrogen) atoms. The van der Waals surface area contributed by atoms with Gasteiger partial charge in [-0.05, 0) is 104 Å². The lowest BCUT2D eigenvalue weighted by Crippen LogP contribution is -2.60. The summed E-state index contributed by atoms with van der Waals surface area (Å²) in [6.45, 7) is 10.7. The van der Waals surface area contributed by atoms with E-state index in [0.717, 1.165) is 62.5 Å². The average molecular weight is 744 g/mol. The highest BCUT2D eigenvalue weighted by molar-refractivity contribution is 5.69. The molecule has 0 rings (SSSR count). The number of hydroxylamine groups is 1. The quantitative estimate of drug-likeness (QED) is 0.0224. The lowest BCUT2D eigenvalue weighted by atomic mass is 10.00. The highest BCUT2D eigenvalue weighted by atomic mass is 16.6. The Morgan fingerprint density at radius 1 is 0.585 bits per heavy atom. The second-order valence-electron chi connectivity index (χ2n) is 16.7. The number of hydrogen-bond donors (Lipinski definition) is 1. The largest absolute Gasteiger partial charge is 0.462 e. The van der Waals surface area contributed by atoms with Crippen molar-refractivity contribution in [3.63, 3.8) is 0 Å². The Bertz CT molecular complexity index is 872. The molecule has 0 unspecified atom stereocenters. The third-order valence-electron chi connectivity index (χ3n) is 11.1. The number of likely N-dealkylation sites (N-methyl/N-ethyl adjacent to an activating group) is 1. The van der Waals surface area contributed by atoms with E-state index in [9.17, 15) is 4.79 Å². The Kier molecular flexibility index (Phi) is 36.1. The second kappa shape index (κ2) is 37.2. The van der Waals surface area contributed by atoms with E-state index < -0.39 is 0 Å². The zero-order valence-electron chi connectivity index (χ0n) is 36.6. The van der Waals surface area contributed by atoms with Gasteiger partial charge in [0.05, 0.1) is 40.7 Å². The summed E-state index contributed by atoms with van der Waals surface area (Å²) in [4.78, 5) is 18.1. The number of hydrogen-bond acceptors (Lipinski definition) is 4. The maximum absolute atomic E-state index is 13.0. The van der Waals surface area contributed by atoms with Gasteiger partial charge in [-0.25, -0.2) is 0 Å². The van der Waals surface area contributed by atoms with Gasteiger partial charge < -0.3 is 14.1 Å². The van der Waals surface area contributed by atoms with Gasteiger partial charge in [0, 0.05) is 6.42 Å². The van der Waals surface area contributed by atoms with Crippen LogP contribution in [0.2, 0.25) is 0 Å². The van der Waals surface area contributed by atoms with Crippen LogP contribution in [0.25, 0.3) is 0 Å². The number of nitrogens with zero attached hydrogens (tertiary/aromatic N) is 1. The molecular formula is C48H91N2O3+. The molecule has 0 aliphatic rings. The molecule has 0 aromatic rings. The lowest BCUT2D eigenvalue weighted by Gasteiger charge is -2.44. The SMILES string of the molecule is CCCCC/C=C\C/C=C\CCCCCCCCC(CCCCCCCC/C=C\C/C=C\CCCCC)OC(=O)CCC[N+](C)(C)C(C)(C)CNOC. The van der Waals surface area contributed by atoms with Gasteiger partial charge in [0.15, 0.2) is 0 Å². The van der Waals surface area contributed by atoms with Crippen LogP contribution in [0.1, 0.15) is 207 Å². The molecule has 310 valence electrons. The fourth-order valence-corrected chi connectivity index (χ4v) is 6.61. The van der Waals surface area contributed by atoms with Crippen LogP contribution < -0.4 is 5.48 Å². The molecule has 0 saturated carbocycles. The minimum Gasteiger partial charge on any atom is -0.462 e. The third kappa shape index (κ3) is 33.4. The van der Waals surface area contributed by atoms with Gasteiger partial charge in [-0.3, -0.25) is 4.79 Å². The van der Waals surface area contributed by atoms with E-state index in [4.69, 9.17) is 9.57 Å². The molecule has 0 heterocycles. The van der Waals surface area contributed by atoms with Crippen LogP contribution in [0.5, 0.6) is 0 Å². The van der Waals surface area contributed by atoms with Crippen LogP contribution in [0.4, 0.5) is 0 Å². The number of allylic oxidation sites excluding steroid dienone is 8. The van der Waals surface area contributed by atoms with Gasteiger partial charge in [0.1, 0.15) is 11.6 Å². The van der Waals surface area contributed by atoms with Gasteiger partial charge in [-0.1, -0.05) is 140 Å². The first-order valence-corrected chi connectivity index (χ1v) is 22.6. The summed E-state index contributed by atoms with van der Waals surface area (Å²) in [6.07, 6.45) is 52.3. The molecule has 0 aromatic carbocycles. The standard InChI is InChI=1S/C48H91N2O3/c1-8-10-12-14-16-18-20-22-24-26-28-30-32-34-36-38-41-46(53-47(51)43-40-44-50(5,6)48(3,4)45-49-52-7)42-39-37-35-33-31-29-27-25-23-21-19-17-15-13-11-9-2/h16-19,22-25,46,49H,8-15,20-21,26-45H2,1-7H3/q+1/b18-16-,19-17-,24-22-,25-23-. The van der Waals surface area contributed by atoms with Crippen molar-refractivity contribution < 1.29 is 18.9 Å². The Morgan fingerprint density at radius 3 is 1.40 bits per heavy atom. The molecule has 0 saturated heterocycles.